The van der Waals surface area contributed by atoms with E-state index >= 15 is 0 Å². The van der Waals surface area contributed by atoms with Gasteiger partial charge in [0.05, 0.1) is 12.1 Å². The zero-order valence-corrected chi connectivity index (χ0v) is 29.0. The van der Waals surface area contributed by atoms with E-state index in [9.17, 15) is 38.7 Å². The molecule has 1 saturated heterocycles. The van der Waals surface area contributed by atoms with Gasteiger partial charge in [-0.2, -0.15) is 0 Å². The Morgan fingerprint density at radius 2 is 1.62 bits per heavy atom. The monoisotopic (exact) mass is 731 g/mol. The first-order chi connectivity index (χ1) is 25.4. The first-order valence-electron chi connectivity index (χ1n) is 17.2. The molecule has 5 atom stereocenters. The average Bonchev–Trinajstić information content (AvgIpc) is 3.64. The number of phenolic OH excluding ortho intramolecular Hbond substituents is 1. The summed E-state index contributed by atoms with van der Waals surface area (Å²) in [7, 11) is 0. The number of benzene rings is 2. The molecule has 17 heteroatoms. The van der Waals surface area contributed by atoms with E-state index in [4.69, 9.17) is 11.5 Å². The van der Waals surface area contributed by atoms with Crippen LogP contribution in [0.3, 0.4) is 0 Å². The first kappa shape index (κ1) is 39.5. The van der Waals surface area contributed by atoms with Gasteiger partial charge in [-0.25, -0.2) is 0 Å². The highest BCUT2D eigenvalue weighted by Gasteiger charge is 2.39. The van der Waals surface area contributed by atoms with Gasteiger partial charge in [0, 0.05) is 32.1 Å². The van der Waals surface area contributed by atoms with Crippen LogP contribution in [0.25, 0.3) is 0 Å². The van der Waals surface area contributed by atoms with Crippen LogP contribution in [0.5, 0.6) is 5.75 Å². The fourth-order valence-electron chi connectivity index (χ4n) is 6.09. The number of hydrogen-bond donors (Lipinski definition) is 8. The zero-order chi connectivity index (χ0) is 38.3. The van der Waals surface area contributed by atoms with Crippen molar-refractivity contribution in [2.45, 2.75) is 68.7 Å². The Kier molecular flexibility index (Phi) is 14.4. The van der Waals surface area contributed by atoms with Gasteiger partial charge < -0.3 is 48.1 Å². The van der Waals surface area contributed by atoms with Gasteiger partial charge in [0.2, 0.25) is 35.8 Å². The summed E-state index contributed by atoms with van der Waals surface area (Å²) in [6.45, 7) is -0.0548. The number of rotatable bonds is 10. The van der Waals surface area contributed by atoms with Crippen molar-refractivity contribution in [2.75, 3.05) is 19.6 Å². The number of phenols is 1. The second kappa shape index (κ2) is 19.4. The second-order valence-corrected chi connectivity index (χ2v) is 12.7. The van der Waals surface area contributed by atoms with Gasteiger partial charge in [-0.3, -0.25) is 38.6 Å². The molecule has 2 aromatic carbocycles. The molecule has 2 aliphatic rings. The van der Waals surface area contributed by atoms with Crippen molar-refractivity contribution in [3.05, 3.63) is 77.9 Å². The van der Waals surface area contributed by atoms with Crippen LogP contribution in [0.15, 0.2) is 71.7 Å². The maximum Gasteiger partial charge on any atom is 0.290 e. The number of carbonyl (C=O) groups is 7. The van der Waals surface area contributed by atoms with Gasteiger partial charge in [0.1, 0.15) is 23.9 Å². The van der Waals surface area contributed by atoms with Crippen molar-refractivity contribution in [3.8, 4) is 5.75 Å². The molecule has 4 rings (SSSR count). The fourth-order valence-corrected chi connectivity index (χ4v) is 6.09. The number of ketones is 1. The standard InChI is InChI=1S/C36H45N9O8/c37-36(38)39-16-4-8-26-31(49)34(52)44-27(19-22-6-2-1-3-7-22)32(50)42-24(18-23-10-13-25(47)14-11-23)12-15-30(48)40-20-28(41-21-46)35(53)45-17-5-9-29(45)33(51)43-26/h1-3,6-7,10-15,21,24,26-29,47H,4-5,8-9,16-20H2,(H,40,48)(H,41,46)(H,42,50)(H,43,51)(H,44,52)(H4,37,38,39)/b15-12+/t24-,26-,27+,28?,29-/m0/s1. The maximum atomic E-state index is 13.9. The lowest BCUT2D eigenvalue weighted by atomic mass is 10.0. The van der Waals surface area contributed by atoms with Crippen LogP contribution in [-0.4, -0.2) is 108 Å². The molecule has 0 spiro atoms. The normalized spacial score (nSPS) is 23.8. The second-order valence-electron chi connectivity index (χ2n) is 12.7. The molecule has 0 radical (unpaired) electrons. The molecular formula is C36H45N9O8. The Bertz CT molecular complexity index is 1700. The summed E-state index contributed by atoms with van der Waals surface area (Å²) in [5.41, 5.74) is 12.2. The lowest BCUT2D eigenvalue weighted by molar-refractivity contribution is -0.143. The molecule has 0 bridgehead atoms. The number of guanidine groups is 1. The third-order valence-corrected chi connectivity index (χ3v) is 8.79. The van der Waals surface area contributed by atoms with Gasteiger partial charge in [0.25, 0.3) is 5.91 Å². The van der Waals surface area contributed by atoms with Crippen molar-refractivity contribution >= 4 is 47.7 Å². The van der Waals surface area contributed by atoms with E-state index in [1.165, 1.54) is 23.1 Å². The molecule has 17 nitrogen and oxygen atoms in total. The SMILES string of the molecule is NC(N)=NCCC[C@@H]1NC(=O)[C@@H]2CCCN2C(=O)C(NC=O)CNC(=O)/C=C/[C@@H](Cc2ccc(O)cc2)NC(=O)[C@@H](Cc2ccccc2)NC(=O)C1=O. The molecule has 2 aromatic rings. The average molecular weight is 732 g/mol. The molecule has 10 N–H and O–H groups in total. The lowest BCUT2D eigenvalue weighted by Crippen LogP contribution is -2.58. The molecule has 2 heterocycles. The van der Waals surface area contributed by atoms with E-state index in [0.717, 1.165) is 6.08 Å². The number of aliphatic imine (C=N–C) groups is 1. The Hall–Kier alpha value is -6.26. The van der Waals surface area contributed by atoms with E-state index < -0.39 is 65.5 Å². The fraction of sp³-hybridized carbons (Fsp3) is 0.389. The smallest absolute Gasteiger partial charge is 0.290 e. The lowest BCUT2D eigenvalue weighted by Gasteiger charge is -2.29. The Morgan fingerprint density at radius 1 is 0.906 bits per heavy atom. The van der Waals surface area contributed by atoms with Crippen LogP contribution in [0.4, 0.5) is 0 Å². The topological polar surface area (TPSA) is 268 Å². The molecule has 282 valence electrons. The van der Waals surface area contributed by atoms with E-state index in [1.54, 1.807) is 42.5 Å². The van der Waals surface area contributed by atoms with Gasteiger partial charge in [-0.15, -0.1) is 0 Å². The highest BCUT2D eigenvalue weighted by Crippen LogP contribution is 2.20. The summed E-state index contributed by atoms with van der Waals surface area (Å²) in [6.07, 6.45) is 3.88. The number of amides is 6. The largest absolute Gasteiger partial charge is 0.508 e. The van der Waals surface area contributed by atoms with Crippen LogP contribution < -0.4 is 38.1 Å². The predicted molar refractivity (Wildman–Crippen MR) is 193 cm³/mol. The highest BCUT2D eigenvalue weighted by molar-refractivity contribution is 6.38. The molecule has 6 amide bonds. The van der Waals surface area contributed by atoms with Crippen molar-refractivity contribution in [3.63, 3.8) is 0 Å². The number of carbonyl (C=O) groups excluding carboxylic acids is 7. The molecule has 53 heavy (non-hydrogen) atoms. The first-order valence-corrected chi connectivity index (χ1v) is 17.2. The van der Waals surface area contributed by atoms with Crippen LogP contribution >= 0.6 is 0 Å². The van der Waals surface area contributed by atoms with Crippen LogP contribution in [-0.2, 0) is 46.4 Å². The molecule has 2 aliphatic heterocycles. The third-order valence-electron chi connectivity index (χ3n) is 8.79. The Labute approximate surface area is 306 Å². The van der Waals surface area contributed by atoms with Gasteiger partial charge in [-0.05, 0) is 55.4 Å². The summed E-state index contributed by atoms with van der Waals surface area (Å²) in [4.78, 5) is 98.2. The van der Waals surface area contributed by atoms with Gasteiger partial charge >= 0.3 is 0 Å². The predicted octanol–water partition coefficient (Wildman–Crippen LogP) is -1.95. The Morgan fingerprint density at radius 3 is 2.32 bits per heavy atom. The molecule has 0 aliphatic carbocycles. The van der Waals surface area contributed by atoms with Crippen LogP contribution in [0.1, 0.15) is 36.8 Å². The van der Waals surface area contributed by atoms with Crippen molar-refractivity contribution in [1.82, 2.24) is 31.5 Å². The summed E-state index contributed by atoms with van der Waals surface area (Å²) in [5, 5.41) is 22.7. The molecule has 0 aromatic heterocycles. The number of nitrogens with one attached hydrogen (secondary N) is 5. The molecule has 1 fully saturated rings. The summed E-state index contributed by atoms with van der Waals surface area (Å²) in [5.74, 6) is -4.95. The van der Waals surface area contributed by atoms with E-state index in [1.807, 2.05) is 0 Å². The molecular weight excluding hydrogens is 686 g/mol. The minimum Gasteiger partial charge on any atom is -0.508 e. The minimum atomic E-state index is -1.37. The number of nitrogens with two attached hydrogens (primary N) is 2. The Balaban J connectivity index is 1.71. The summed E-state index contributed by atoms with van der Waals surface area (Å²) in [6, 6.07) is 9.29. The van der Waals surface area contributed by atoms with Gasteiger partial charge in [-0.1, -0.05) is 48.5 Å². The van der Waals surface area contributed by atoms with Crippen molar-refractivity contribution in [1.29, 1.82) is 0 Å². The number of Topliss-reactive ketones (excluding diaryl/α,β-unsaturated/α-hetero) is 1. The zero-order valence-electron chi connectivity index (χ0n) is 29.0. The number of aromatic hydroxyl groups is 1. The van der Waals surface area contributed by atoms with Crippen LogP contribution in [0.2, 0.25) is 0 Å². The number of hydrogen-bond acceptors (Lipinski definition) is 9. The highest BCUT2D eigenvalue weighted by atomic mass is 16.3. The van der Waals surface area contributed by atoms with E-state index in [-0.39, 0.29) is 63.4 Å². The summed E-state index contributed by atoms with van der Waals surface area (Å²) >= 11 is 0. The van der Waals surface area contributed by atoms with E-state index in [2.05, 4.69) is 31.6 Å². The molecule has 0 saturated carbocycles. The van der Waals surface area contributed by atoms with Crippen molar-refractivity contribution in [2.24, 2.45) is 16.5 Å². The minimum absolute atomic E-state index is 0.00634. The van der Waals surface area contributed by atoms with Gasteiger partial charge in [0.15, 0.2) is 5.96 Å². The van der Waals surface area contributed by atoms with Crippen LogP contribution in [0, 0.1) is 0 Å². The third kappa shape index (κ3) is 11.9. The summed E-state index contributed by atoms with van der Waals surface area (Å²) < 4.78 is 0. The maximum absolute atomic E-state index is 13.9. The number of nitrogens with zero attached hydrogens (tertiary/aromatic N) is 2. The quantitative estimate of drug-likeness (QED) is 0.0440. The van der Waals surface area contributed by atoms with E-state index in [0.29, 0.717) is 24.0 Å². The number of fused-ring (bicyclic) bond motifs is 1. The van der Waals surface area contributed by atoms with Crippen molar-refractivity contribution < 1.29 is 38.7 Å². The molecule has 1 unspecified atom stereocenters.